The van der Waals surface area contributed by atoms with Gasteiger partial charge >= 0.3 is 0 Å². The molecule has 0 spiro atoms. The third-order valence-corrected chi connectivity index (χ3v) is 10.1. The van der Waals surface area contributed by atoms with Crippen molar-refractivity contribution in [3.05, 3.63) is 23.8 Å². The number of hydrogen-bond acceptors (Lipinski definition) is 5. The van der Waals surface area contributed by atoms with Gasteiger partial charge in [0.05, 0.1) is 6.10 Å². The van der Waals surface area contributed by atoms with Gasteiger partial charge < -0.3 is 14.6 Å². The molecule has 4 aliphatic carbocycles. The molecular weight excluding hydrogens is 429 g/mol. The van der Waals surface area contributed by atoms with Gasteiger partial charge in [-0.25, -0.2) is 13.2 Å². The fraction of sp³-hybridized carbons (Fsp3) is 0.783. The summed E-state index contributed by atoms with van der Waals surface area (Å²) in [5, 5.41) is 11.3. The molecule has 0 radical (unpaired) electrons. The third kappa shape index (κ3) is 2.48. The summed E-state index contributed by atoms with van der Waals surface area (Å²) < 4.78 is 58.7. The topological polar surface area (TPSA) is 55.8 Å². The first kappa shape index (κ1) is 22.0. The van der Waals surface area contributed by atoms with Gasteiger partial charge in [-0.15, -0.1) is 0 Å². The first-order chi connectivity index (χ1) is 14.3. The number of ether oxygens (including phenoxy) is 2. The summed E-state index contributed by atoms with van der Waals surface area (Å²) in [6.45, 7) is 7.01. The molecule has 5 rings (SSSR count). The first-order valence-corrected chi connectivity index (χ1v) is 11.9. The lowest BCUT2D eigenvalue weighted by Gasteiger charge is -2.63. The molecule has 1 N–H and O–H groups in total. The van der Waals surface area contributed by atoms with Gasteiger partial charge in [0.25, 0.3) is 0 Å². The van der Waals surface area contributed by atoms with E-state index in [9.17, 15) is 14.3 Å². The van der Waals surface area contributed by atoms with E-state index in [1.165, 1.54) is 18.2 Å². The van der Waals surface area contributed by atoms with Crippen LogP contribution in [0.3, 0.4) is 0 Å². The standard InChI is InChI=1S/C23H29F3O4S/c1-19(2)29-18-9-13-14-8-16(25)15-7-12(27)5-6-20(15,3)22(14,26)17(28)10-21(13,4)23(18,30-19)31-11-24/h5-7,13-14,16-18,28H,8-11H2,1-4H3/t13?,14?,16-,17-,18+,20-,21-,22-,23-/m0/s1. The number of alkyl halides is 3. The molecule has 0 amide bonds. The molecule has 3 saturated carbocycles. The van der Waals surface area contributed by atoms with E-state index in [4.69, 9.17) is 9.47 Å². The summed E-state index contributed by atoms with van der Waals surface area (Å²) in [6.07, 6.45) is 0.761. The third-order valence-electron chi connectivity index (χ3n) is 8.80. The molecule has 8 heteroatoms. The van der Waals surface area contributed by atoms with Crippen molar-refractivity contribution in [1.82, 2.24) is 0 Å². The van der Waals surface area contributed by atoms with E-state index >= 15 is 8.78 Å². The molecule has 1 aliphatic heterocycles. The van der Waals surface area contributed by atoms with Crippen LogP contribution in [0.15, 0.2) is 23.8 Å². The molecule has 2 unspecified atom stereocenters. The SMILES string of the molecule is CC1(C)O[C@@H]2CC3C4C[C@H](F)C5=CC(=O)C=C[C@]5(C)[C@@]4(F)[C@@H](O)C[C@]3(C)[C@]2(SCF)O1. The highest BCUT2D eigenvalue weighted by atomic mass is 32.2. The number of rotatable bonds is 2. The Hall–Kier alpha value is -0.830. The number of thioether (sulfide) groups is 1. The Balaban J connectivity index is 1.63. The average molecular weight is 459 g/mol. The molecule has 5 aliphatic rings. The zero-order valence-electron chi connectivity index (χ0n) is 18.2. The Morgan fingerprint density at radius 3 is 2.61 bits per heavy atom. The van der Waals surface area contributed by atoms with E-state index in [2.05, 4.69) is 0 Å². The molecule has 172 valence electrons. The van der Waals surface area contributed by atoms with Crippen LogP contribution in [0.5, 0.6) is 0 Å². The lowest BCUT2D eigenvalue weighted by atomic mass is 9.45. The molecule has 4 fully saturated rings. The smallest absolute Gasteiger partial charge is 0.178 e. The highest BCUT2D eigenvalue weighted by Crippen LogP contribution is 2.74. The van der Waals surface area contributed by atoms with Gasteiger partial charge in [0.2, 0.25) is 0 Å². The quantitative estimate of drug-likeness (QED) is 0.664. The average Bonchev–Trinajstić information content (AvgIpc) is 3.05. The fourth-order valence-electron chi connectivity index (χ4n) is 7.55. The van der Waals surface area contributed by atoms with Crippen LogP contribution in [-0.2, 0) is 14.3 Å². The van der Waals surface area contributed by atoms with Crippen LogP contribution in [0, 0.1) is 22.7 Å². The summed E-state index contributed by atoms with van der Waals surface area (Å²) in [4.78, 5) is 10.8. The number of ketones is 1. The number of fused-ring (bicyclic) bond motifs is 7. The second-order valence-electron chi connectivity index (χ2n) is 10.6. The monoisotopic (exact) mass is 458 g/mol. The van der Waals surface area contributed by atoms with Crippen LogP contribution in [0.4, 0.5) is 13.2 Å². The molecule has 0 aromatic rings. The number of allylic oxidation sites excluding steroid dienone is 4. The largest absolute Gasteiger partial charge is 0.390 e. The maximum Gasteiger partial charge on any atom is 0.178 e. The number of carbonyl (C=O) groups excluding carboxylic acids is 1. The molecule has 9 atom stereocenters. The Bertz CT molecular complexity index is 892. The van der Waals surface area contributed by atoms with E-state index in [-0.39, 0.29) is 30.1 Å². The molecule has 0 aromatic carbocycles. The van der Waals surface area contributed by atoms with Crippen molar-refractivity contribution >= 4 is 17.5 Å². The lowest BCUT2D eigenvalue weighted by molar-refractivity contribution is -0.235. The molecular formula is C23H29F3O4S. The Labute approximate surface area is 184 Å². The number of carbonyl (C=O) groups is 1. The first-order valence-electron chi connectivity index (χ1n) is 10.9. The predicted molar refractivity (Wildman–Crippen MR) is 110 cm³/mol. The Morgan fingerprint density at radius 1 is 1.23 bits per heavy atom. The van der Waals surface area contributed by atoms with Crippen molar-refractivity contribution in [2.45, 2.75) is 81.7 Å². The maximum atomic E-state index is 17.1. The van der Waals surface area contributed by atoms with Crippen molar-refractivity contribution in [3.8, 4) is 0 Å². The van der Waals surface area contributed by atoms with Crippen LogP contribution in [0.25, 0.3) is 0 Å². The van der Waals surface area contributed by atoms with Crippen molar-refractivity contribution < 1.29 is 32.5 Å². The van der Waals surface area contributed by atoms with E-state index in [0.717, 1.165) is 11.8 Å². The summed E-state index contributed by atoms with van der Waals surface area (Å²) in [5.74, 6) is -2.50. The molecule has 4 nitrogen and oxygen atoms in total. The van der Waals surface area contributed by atoms with Crippen molar-refractivity contribution in [2.75, 3.05) is 6.01 Å². The maximum absolute atomic E-state index is 17.1. The number of halogens is 3. The van der Waals surface area contributed by atoms with Crippen LogP contribution in [0.1, 0.15) is 47.0 Å². The minimum Gasteiger partial charge on any atom is -0.390 e. The molecule has 0 aromatic heterocycles. The second kappa shape index (κ2) is 6.39. The summed E-state index contributed by atoms with van der Waals surface area (Å²) >= 11 is 0.996. The van der Waals surface area contributed by atoms with Gasteiger partial charge in [-0.2, -0.15) is 0 Å². The number of aliphatic hydroxyl groups is 1. The number of hydrogen-bond donors (Lipinski definition) is 1. The van der Waals surface area contributed by atoms with Crippen LogP contribution >= 0.6 is 11.8 Å². The van der Waals surface area contributed by atoms with Crippen molar-refractivity contribution in [3.63, 3.8) is 0 Å². The summed E-state index contributed by atoms with van der Waals surface area (Å²) in [6, 6.07) is -0.707. The molecule has 0 bridgehead atoms. The van der Waals surface area contributed by atoms with Gasteiger partial charge in [0.1, 0.15) is 18.3 Å². The van der Waals surface area contributed by atoms with Crippen LogP contribution in [0.2, 0.25) is 0 Å². The zero-order chi connectivity index (χ0) is 22.6. The normalized spacial score (nSPS) is 54.6. The van der Waals surface area contributed by atoms with E-state index in [0.29, 0.717) is 6.42 Å². The van der Waals surface area contributed by atoms with Gasteiger partial charge in [-0.05, 0) is 63.7 Å². The molecule has 1 heterocycles. The highest BCUT2D eigenvalue weighted by Gasteiger charge is 2.79. The number of aliphatic hydroxyl groups excluding tert-OH is 1. The lowest BCUT2D eigenvalue weighted by Crippen LogP contribution is -2.69. The summed E-state index contributed by atoms with van der Waals surface area (Å²) in [5.41, 5.74) is -4.30. The molecule has 31 heavy (non-hydrogen) atoms. The van der Waals surface area contributed by atoms with E-state index in [1.54, 1.807) is 20.8 Å². The van der Waals surface area contributed by atoms with E-state index in [1.807, 2.05) is 6.92 Å². The summed E-state index contributed by atoms with van der Waals surface area (Å²) in [7, 11) is 0. The van der Waals surface area contributed by atoms with Gasteiger partial charge in [0, 0.05) is 16.7 Å². The second-order valence-corrected chi connectivity index (χ2v) is 11.7. The Kier molecular flexibility index (Phi) is 4.53. The van der Waals surface area contributed by atoms with E-state index < -0.39 is 57.5 Å². The Morgan fingerprint density at radius 2 is 1.94 bits per heavy atom. The molecule has 1 saturated heterocycles. The van der Waals surface area contributed by atoms with Crippen molar-refractivity contribution in [2.24, 2.45) is 22.7 Å². The fourth-order valence-corrected chi connectivity index (χ4v) is 8.87. The van der Waals surface area contributed by atoms with Gasteiger partial charge in [-0.3, -0.25) is 4.79 Å². The minimum atomic E-state index is -2.15. The van der Waals surface area contributed by atoms with Gasteiger partial charge in [0.15, 0.2) is 22.2 Å². The van der Waals surface area contributed by atoms with Crippen LogP contribution < -0.4 is 0 Å². The van der Waals surface area contributed by atoms with Crippen LogP contribution in [-0.4, -0.2) is 51.7 Å². The van der Waals surface area contributed by atoms with Crippen molar-refractivity contribution in [1.29, 1.82) is 0 Å². The van der Waals surface area contributed by atoms with Gasteiger partial charge in [-0.1, -0.05) is 24.8 Å². The highest BCUT2D eigenvalue weighted by molar-refractivity contribution is 8.00. The zero-order valence-corrected chi connectivity index (χ0v) is 19.0. The predicted octanol–water partition coefficient (Wildman–Crippen LogP) is 4.42. The minimum absolute atomic E-state index is 0.0369.